The van der Waals surface area contributed by atoms with E-state index < -0.39 is 27.1 Å². The standard InChI is InChI=1S/C19H24ClFN6O3S/c1-11-9-27(31(29,30)13-4-6-26(10-13)19(22)28)7-5-14(11)16-17(20)25-18(24-16)15-3-2-12(21)8-23-15/h2-3,8,11,13-14H,4-7,9-10H2,1H3,(H2,22,28)(H,24,25)/t11-,13?,14+/m0/s1. The van der Waals surface area contributed by atoms with E-state index in [1.807, 2.05) is 6.92 Å². The molecule has 0 bridgehead atoms. The molecule has 2 aromatic heterocycles. The van der Waals surface area contributed by atoms with Gasteiger partial charge >= 0.3 is 6.03 Å². The van der Waals surface area contributed by atoms with Crippen LogP contribution in [0.4, 0.5) is 9.18 Å². The SMILES string of the molecule is C[C@H]1CN(S(=O)(=O)C2CCN(C(N)=O)C2)CC[C@H]1c1[nH]c(-c2ccc(F)cn2)nc1Cl. The first-order valence-electron chi connectivity index (χ1n) is 10.1. The van der Waals surface area contributed by atoms with Crippen LogP contribution < -0.4 is 5.73 Å². The predicted octanol–water partition coefficient (Wildman–Crippen LogP) is 2.17. The number of urea groups is 1. The van der Waals surface area contributed by atoms with Gasteiger partial charge in [-0.25, -0.2) is 31.9 Å². The minimum atomic E-state index is -3.54. The second-order valence-corrected chi connectivity index (χ2v) is 10.7. The van der Waals surface area contributed by atoms with Crippen molar-refractivity contribution < 1.29 is 17.6 Å². The van der Waals surface area contributed by atoms with Crippen LogP contribution in [0.15, 0.2) is 18.3 Å². The van der Waals surface area contributed by atoms with E-state index in [0.717, 1.165) is 11.9 Å². The lowest BCUT2D eigenvalue weighted by molar-refractivity contribution is 0.218. The minimum absolute atomic E-state index is 0.00801. The number of aromatic amines is 1. The van der Waals surface area contributed by atoms with Crippen LogP contribution in [0.2, 0.25) is 5.15 Å². The van der Waals surface area contributed by atoms with Crippen molar-refractivity contribution >= 4 is 27.7 Å². The quantitative estimate of drug-likeness (QED) is 0.708. The number of carbonyl (C=O) groups is 1. The van der Waals surface area contributed by atoms with Gasteiger partial charge in [0.05, 0.1) is 17.1 Å². The average Bonchev–Trinajstić information content (AvgIpc) is 3.36. The van der Waals surface area contributed by atoms with E-state index >= 15 is 0 Å². The topological polar surface area (TPSA) is 125 Å². The van der Waals surface area contributed by atoms with Gasteiger partial charge in [-0.3, -0.25) is 0 Å². The molecule has 9 nitrogen and oxygen atoms in total. The third-order valence-corrected chi connectivity index (χ3v) is 8.70. The van der Waals surface area contributed by atoms with Gasteiger partial charge in [0.25, 0.3) is 0 Å². The molecule has 12 heteroatoms. The Morgan fingerprint density at radius 2 is 2.06 bits per heavy atom. The van der Waals surface area contributed by atoms with Crippen molar-refractivity contribution in [1.29, 1.82) is 0 Å². The highest BCUT2D eigenvalue weighted by atomic mass is 35.5. The number of amides is 2. The number of nitrogens with zero attached hydrogens (tertiary/aromatic N) is 4. The number of likely N-dealkylation sites (tertiary alicyclic amines) is 1. The molecule has 2 amide bonds. The van der Waals surface area contributed by atoms with Crippen LogP contribution in [-0.4, -0.2) is 70.0 Å². The van der Waals surface area contributed by atoms with Crippen LogP contribution in [0.25, 0.3) is 11.5 Å². The van der Waals surface area contributed by atoms with Crippen LogP contribution in [0.5, 0.6) is 0 Å². The lowest BCUT2D eigenvalue weighted by Gasteiger charge is -2.37. The first-order valence-corrected chi connectivity index (χ1v) is 12.0. The molecule has 1 unspecified atom stereocenters. The highest BCUT2D eigenvalue weighted by Crippen LogP contribution is 2.38. The third-order valence-electron chi connectivity index (χ3n) is 6.13. The summed E-state index contributed by atoms with van der Waals surface area (Å²) in [7, 11) is -3.54. The van der Waals surface area contributed by atoms with Crippen LogP contribution >= 0.6 is 11.6 Å². The fraction of sp³-hybridized carbons (Fsp3) is 0.526. The number of sulfonamides is 1. The van der Waals surface area contributed by atoms with Crippen molar-refractivity contribution in [2.45, 2.75) is 30.9 Å². The van der Waals surface area contributed by atoms with Gasteiger partial charge in [0.1, 0.15) is 11.5 Å². The number of nitrogens with two attached hydrogens (primary N) is 1. The van der Waals surface area contributed by atoms with Crippen LogP contribution in [-0.2, 0) is 10.0 Å². The van der Waals surface area contributed by atoms with E-state index in [9.17, 15) is 17.6 Å². The number of halogens is 2. The third kappa shape index (κ3) is 4.26. The fourth-order valence-corrected chi connectivity index (χ4v) is 6.67. The molecule has 31 heavy (non-hydrogen) atoms. The average molecular weight is 471 g/mol. The Bertz CT molecular complexity index is 1080. The Morgan fingerprint density at radius 3 is 2.68 bits per heavy atom. The van der Waals surface area contributed by atoms with Crippen molar-refractivity contribution in [3.05, 3.63) is 35.0 Å². The summed E-state index contributed by atoms with van der Waals surface area (Å²) in [5, 5.41) is -0.321. The van der Waals surface area contributed by atoms with E-state index in [1.54, 1.807) is 0 Å². The Morgan fingerprint density at radius 1 is 1.29 bits per heavy atom. The van der Waals surface area contributed by atoms with E-state index in [-0.39, 0.29) is 18.4 Å². The zero-order valence-corrected chi connectivity index (χ0v) is 18.5. The van der Waals surface area contributed by atoms with Crippen LogP contribution in [0.3, 0.4) is 0 Å². The smallest absolute Gasteiger partial charge is 0.314 e. The molecule has 0 saturated carbocycles. The monoisotopic (exact) mass is 470 g/mol. The number of H-pyrrole nitrogens is 1. The van der Waals surface area contributed by atoms with Gasteiger partial charge < -0.3 is 15.6 Å². The van der Waals surface area contributed by atoms with Crippen molar-refractivity contribution in [3.63, 3.8) is 0 Å². The summed E-state index contributed by atoms with van der Waals surface area (Å²) >= 11 is 6.38. The predicted molar refractivity (Wildman–Crippen MR) is 113 cm³/mol. The Labute approximate surface area is 184 Å². The molecular formula is C19H24ClFN6O3S. The molecule has 2 saturated heterocycles. The highest BCUT2D eigenvalue weighted by molar-refractivity contribution is 7.89. The largest absolute Gasteiger partial charge is 0.351 e. The number of hydrogen-bond acceptors (Lipinski definition) is 5. The Hall–Kier alpha value is -2.24. The van der Waals surface area contributed by atoms with Gasteiger partial charge in [0.15, 0.2) is 11.0 Å². The maximum absolute atomic E-state index is 13.1. The number of carbonyl (C=O) groups excluding carboxylic acids is 1. The van der Waals surface area contributed by atoms with Crippen LogP contribution in [0, 0.1) is 11.7 Å². The Kier molecular flexibility index (Phi) is 5.93. The summed E-state index contributed by atoms with van der Waals surface area (Å²) in [5.74, 6) is -0.0136. The molecule has 0 aliphatic carbocycles. The number of piperidine rings is 1. The molecule has 0 aromatic carbocycles. The summed E-state index contributed by atoms with van der Waals surface area (Å²) in [4.78, 5) is 24.3. The van der Waals surface area contributed by atoms with E-state index in [4.69, 9.17) is 17.3 Å². The molecule has 4 rings (SSSR count). The summed E-state index contributed by atoms with van der Waals surface area (Å²) in [6.45, 7) is 3.16. The zero-order chi connectivity index (χ0) is 22.3. The van der Waals surface area contributed by atoms with E-state index in [2.05, 4.69) is 15.0 Å². The number of pyridine rings is 1. The van der Waals surface area contributed by atoms with Crippen molar-refractivity contribution in [2.75, 3.05) is 26.2 Å². The Balaban J connectivity index is 1.47. The second kappa shape index (κ2) is 8.36. The summed E-state index contributed by atoms with van der Waals surface area (Å²) in [6.07, 6.45) is 2.07. The van der Waals surface area contributed by atoms with Gasteiger partial charge in [-0.05, 0) is 30.9 Å². The maximum Gasteiger partial charge on any atom is 0.314 e. The molecule has 2 fully saturated rings. The first kappa shape index (κ1) is 22.0. The van der Waals surface area contributed by atoms with E-state index in [0.29, 0.717) is 49.1 Å². The first-order chi connectivity index (χ1) is 14.7. The van der Waals surface area contributed by atoms with Gasteiger partial charge in [-0.1, -0.05) is 18.5 Å². The zero-order valence-electron chi connectivity index (χ0n) is 17.0. The second-order valence-electron chi connectivity index (χ2n) is 8.12. The lowest BCUT2D eigenvalue weighted by Crippen LogP contribution is -2.47. The number of aromatic nitrogens is 3. The van der Waals surface area contributed by atoms with Crippen LogP contribution in [0.1, 0.15) is 31.4 Å². The number of hydrogen-bond donors (Lipinski definition) is 2. The summed E-state index contributed by atoms with van der Waals surface area (Å²) in [6, 6.07) is 2.22. The normalized spacial score (nSPS) is 25.1. The number of nitrogens with one attached hydrogen (secondary N) is 1. The molecule has 2 aliphatic heterocycles. The molecular weight excluding hydrogens is 447 g/mol. The molecule has 168 valence electrons. The van der Waals surface area contributed by atoms with Crippen molar-refractivity contribution in [1.82, 2.24) is 24.2 Å². The van der Waals surface area contributed by atoms with Gasteiger partial charge in [0, 0.05) is 32.1 Å². The molecule has 4 heterocycles. The maximum atomic E-state index is 13.1. The molecule has 0 radical (unpaired) electrons. The highest BCUT2D eigenvalue weighted by Gasteiger charge is 2.42. The molecule has 3 atom stereocenters. The fourth-order valence-electron chi connectivity index (χ4n) is 4.40. The minimum Gasteiger partial charge on any atom is -0.351 e. The molecule has 3 N–H and O–H groups in total. The molecule has 0 spiro atoms. The number of imidazole rings is 1. The van der Waals surface area contributed by atoms with Crippen molar-refractivity contribution in [2.24, 2.45) is 11.7 Å². The van der Waals surface area contributed by atoms with Gasteiger partial charge in [0.2, 0.25) is 10.0 Å². The number of rotatable bonds is 4. The summed E-state index contributed by atoms with van der Waals surface area (Å²) in [5.41, 5.74) is 6.49. The lowest BCUT2D eigenvalue weighted by atomic mass is 9.86. The summed E-state index contributed by atoms with van der Waals surface area (Å²) < 4.78 is 40.8. The molecule has 2 aliphatic rings. The molecule has 2 aromatic rings. The van der Waals surface area contributed by atoms with Gasteiger partial charge in [-0.2, -0.15) is 0 Å². The van der Waals surface area contributed by atoms with Gasteiger partial charge in [-0.15, -0.1) is 0 Å². The van der Waals surface area contributed by atoms with Crippen molar-refractivity contribution in [3.8, 4) is 11.5 Å². The number of primary amides is 1. The van der Waals surface area contributed by atoms with E-state index in [1.165, 1.54) is 21.3 Å².